The van der Waals surface area contributed by atoms with E-state index < -0.39 is 5.60 Å². The van der Waals surface area contributed by atoms with Crippen LogP contribution in [0.3, 0.4) is 0 Å². The molecule has 2 amide bonds. The highest BCUT2D eigenvalue weighted by Gasteiger charge is 2.36. The number of fused-ring (bicyclic) bond motifs is 1. The van der Waals surface area contributed by atoms with Gasteiger partial charge in [0.25, 0.3) is 11.8 Å². The van der Waals surface area contributed by atoms with E-state index in [0.717, 1.165) is 17.7 Å². The summed E-state index contributed by atoms with van der Waals surface area (Å²) in [6.07, 6.45) is 2.44. The first-order valence-corrected chi connectivity index (χ1v) is 10.5. The van der Waals surface area contributed by atoms with Gasteiger partial charge in [-0.05, 0) is 57.5 Å². The molecule has 1 aromatic carbocycles. The Morgan fingerprint density at radius 2 is 2.06 bits per heavy atom. The standard InChI is InChI=1S/C23H23N5O4/c1-13-4-5-15(11-24-13)19-26-27-20(31-19)16-8-9-28(12-16)21(29)14-6-7-18-17(10-14)25-22(30)23(2,3)32-18/h4-7,10-11,16H,8-9,12H2,1-3H3,(H,25,30)/t16-/m1/s1. The molecule has 9 nitrogen and oxygen atoms in total. The minimum absolute atomic E-state index is 0.0277. The van der Waals surface area contributed by atoms with Crippen LogP contribution in [0.2, 0.25) is 0 Å². The molecule has 0 spiro atoms. The average molecular weight is 433 g/mol. The topological polar surface area (TPSA) is 110 Å². The van der Waals surface area contributed by atoms with E-state index in [9.17, 15) is 9.59 Å². The predicted octanol–water partition coefficient (Wildman–Crippen LogP) is 3.18. The second-order valence-electron chi connectivity index (χ2n) is 8.65. The molecule has 2 aliphatic heterocycles. The van der Waals surface area contributed by atoms with Crippen LogP contribution in [-0.2, 0) is 4.79 Å². The van der Waals surface area contributed by atoms with Crippen LogP contribution in [-0.4, -0.2) is 50.6 Å². The smallest absolute Gasteiger partial charge is 0.268 e. The average Bonchev–Trinajstić information content (AvgIpc) is 3.44. The van der Waals surface area contributed by atoms with Gasteiger partial charge in [0.1, 0.15) is 5.75 Å². The number of likely N-dealkylation sites (tertiary alicyclic amines) is 1. The van der Waals surface area contributed by atoms with Gasteiger partial charge in [0, 0.05) is 30.5 Å². The van der Waals surface area contributed by atoms with E-state index in [1.165, 1.54) is 0 Å². The third kappa shape index (κ3) is 3.59. The number of aromatic nitrogens is 3. The van der Waals surface area contributed by atoms with Crippen LogP contribution in [0.1, 0.15) is 48.1 Å². The highest BCUT2D eigenvalue weighted by molar-refractivity contribution is 6.02. The maximum Gasteiger partial charge on any atom is 0.268 e. The Morgan fingerprint density at radius 1 is 1.22 bits per heavy atom. The van der Waals surface area contributed by atoms with Crippen molar-refractivity contribution in [3.05, 3.63) is 53.7 Å². The molecule has 0 bridgehead atoms. The van der Waals surface area contributed by atoms with E-state index in [4.69, 9.17) is 9.15 Å². The van der Waals surface area contributed by atoms with Crippen molar-refractivity contribution < 1.29 is 18.7 Å². The van der Waals surface area contributed by atoms with Gasteiger partial charge in [-0.2, -0.15) is 0 Å². The minimum atomic E-state index is -0.946. The summed E-state index contributed by atoms with van der Waals surface area (Å²) in [6.45, 7) is 6.39. The Morgan fingerprint density at radius 3 is 2.84 bits per heavy atom. The number of ether oxygens (including phenoxy) is 1. The molecule has 0 aliphatic carbocycles. The summed E-state index contributed by atoms with van der Waals surface area (Å²) in [7, 11) is 0. The molecule has 1 fully saturated rings. The van der Waals surface area contributed by atoms with Gasteiger partial charge in [-0.3, -0.25) is 14.6 Å². The van der Waals surface area contributed by atoms with Crippen molar-refractivity contribution in [3.8, 4) is 17.2 Å². The van der Waals surface area contributed by atoms with Gasteiger partial charge in [0.15, 0.2) is 5.60 Å². The first kappa shape index (κ1) is 20.2. The lowest BCUT2D eigenvalue weighted by atomic mass is 10.0. The zero-order valence-corrected chi connectivity index (χ0v) is 18.1. The number of rotatable bonds is 3. The Balaban J connectivity index is 1.29. The molecule has 0 saturated carbocycles. The molecule has 9 heteroatoms. The fraction of sp³-hybridized carbons (Fsp3) is 0.348. The van der Waals surface area contributed by atoms with Crippen LogP contribution in [0.4, 0.5) is 5.69 Å². The normalized spacial score (nSPS) is 19.3. The molecule has 0 radical (unpaired) electrons. The summed E-state index contributed by atoms with van der Waals surface area (Å²) in [4.78, 5) is 31.3. The second kappa shape index (κ2) is 7.44. The van der Waals surface area contributed by atoms with Gasteiger partial charge in [-0.15, -0.1) is 10.2 Å². The first-order chi connectivity index (χ1) is 15.3. The number of carbonyl (C=O) groups excluding carboxylic acids is 2. The lowest BCUT2D eigenvalue weighted by Crippen LogP contribution is -2.45. The van der Waals surface area contributed by atoms with E-state index in [-0.39, 0.29) is 17.7 Å². The number of amides is 2. The third-order valence-corrected chi connectivity index (χ3v) is 5.81. The molecule has 2 aliphatic rings. The minimum Gasteiger partial charge on any atom is -0.476 e. The maximum absolute atomic E-state index is 13.1. The van der Waals surface area contributed by atoms with E-state index >= 15 is 0 Å². The molecule has 1 N–H and O–H groups in total. The molecule has 3 aromatic rings. The van der Waals surface area contributed by atoms with Crippen molar-refractivity contribution in [3.63, 3.8) is 0 Å². The van der Waals surface area contributed by atoms with Crippen LogP contribution >= 0.6 is 0 Å². The molecule has 4 heterocycles. The van der Waals surface area contributed by atoms with Gasteiger partial charge in [0.2, 0.25) is 11.8 Å². The molecule has 1 saturated heterocycles. The zero-order valence-electron chi connectivity index (χ0n) is 18.1. The highest BCUT2D eigenvalue weighted by atomic mass is 16.5. The van der Waals surface area contributed by atoms with E-state index in [1.807, 2.05) is 19.1 Å². The van der Waals surface area contributed by atoms with Gasteiger partial charge in [0.05, 0.1) is 17.2 Å². The number of hydrogen-bond acceptors (Lipinski definition) is 7. The Kier molecular flexibility index (Phi) is 4.69. The molecule has 5 rings (SSSR count). The molecular formula is C23H23N5O4. The molecular weight excluding hydrogens is 410 g/mol. The summed E-state index contributed by atoms with van der Waals surface area (Å²) >= 11 is 0. The van der Waals surface area contributed by atoms with E-state index in [2.05, 4.69) is 20.5 Å². The highest BCUT2D eigenvalue weighted by Crippen LogP contribution is 2.35. The lowest BCUT2D eigenvalue weighted by molar-refractivity contribution is -0.129. The number of pyridine rings is 1. The van der Waals surface area contributed by atoms with Crippen molar-refractivity contribution in [2.75, 3.05) is 18.4 Å². The molecule has 1 atom stereocenters. The van der Waals surface area contributed by atoms with Crippen molar-refractivity contribution in [2.24, 2.45) is 0 Å². The second-order valence-corrected chi connectivity index (χ2v) is 8.65. The number of hydrogen-bond donors (Lipinski definition) is 1. The fourth-order valence-corrected chi connectivity index (χ4v) is 3.88. The summed E-state index contributed by atoms with van der Waals surface area (Å²) in [6, 6.07) is 8.88. The number of nitrogens with zero attached hydrogens (tertiary/aromatic N) is 4. The van der Waals surface area contributed by atoms with Crippen LogP contribution in [0.25, 0.3) is 11.5 Å². The van der Waals surface area contributed by atoms with E-state index in [1.54, 1.807) is 43.1 Å². The lowest BCUT2D eigenvalue weighted by Gasteiger charge is -2.31. The van der Waals surface area contributed by atoms with Gasteiger partial charge in [-0.25, -0.2) is 0 Å². The fourth-order valence-electron chi connectivity index (χ4n) is 3.88. The number of aryl methyl sites for hydroxylation is 1. The summed E-state index contributed by atoms with van der Waals surface area (Å²) < 4.78 is 11.6. The zero-order chi connectivity index (χ0) is 22.5. The first-order valence-electron chi connectivity index (χ1n) is 10.5. The van der Waals surface area contributed by atoms with Crippen LogP contribution < -0.4 is 10.1 Å². The summed E-state index contributed by atoms with van der Waals surface area (Å²) in [5.41, 5.74) is 1.73. The summed E-state index contributed by atoms with van der Waals surface area (Å²) in [5, 5.41) is 11.2. The Bertz CT molecular complexity index is 1200. The summed E-state index contributed by atoms with van der Waals surface area (Å²) in [5.74, 6) is 1.10. The van der Waals surface area contributed by atoms with Crippen molar-refractivity contribution in [2.45, 2.75) is 38.7 Å². The molecule has 32 heavy (non-hydrogen) atoms. The number of nitrogens with one attached hydrogen (secondary N) is 1. The number of carbonyl (C=O) groups is 2. The van der Waals surface area contributed by atoms with Crippen molar-refractivity contribution in [1.29, 1.82) is 0 Å². The van der Waals surface area contributed by atoms with E-state index in [0.29, 0.717) is 41.9 Å². The Hall–Kier alpha value is -3.75. The van der Waals surface area contributed by atoms with Gasteiger partial charge >= 0.3 is 0 Å². The molecule has 0 unspecified atom stereocenters. The number of benzene rings is 1. The van der Waals surface area contributed by atoms with Crippen LogP contribution in [0, 0.1) is 6.92 Å². The van der Waals surface area contributed by atoms with Crippen LogP contribution in [0.5, 0.6) is 5.75 Å². The van der Waals surface area contributed by atoms with Gasteiger partial charge < -0.3 is 19.4 Å². The van der Waals surface area contributed by atoms with Crippen LogP contribution in [0.15, 0.2) is 40.9 Å². The van der Waals surface area contributed by atoms with Crippen molar-refractivity contribution >= 4 is 17.5 Å². The maximum atomic E-state index is 13.1. The number of anilines is 1. The largest absolute Gasteiger partial charge is 0.476 e. The monoisotopic (exact) mass is 433 g/mol. The molecule has 2 aromatic heterocycles. The predicted molar refractivity (Wildman–Crippen MR) is 115 cm³/mol. The van der Waals surface area contributed by atoms with Gasteiger partial charge in [-0.1, -0.05) is 0 Å². The van der Waals surface area contributed by atoms with Crippen molar-refractivity contribution in [1.82, 2.24) is 20.1 Å². The quantitative estimate of drug-likeness (QED) is 0.675. The Labute approximate surface area is 184 Å². The third-order valence-electron chi connectivity index (χ3n) is 5.81. The SMILES string of the molecule is Cc1ccc(-c2nnc([C@@H]3CCN(C(=O)c4ccc5c(c4)NC(=O)C(C)(C)O5)C3)o2)cn1. The molecule has 164 valence electrons.